The second kappa shape index (κ2) is 6.01. The van der Waals surface area contributed by atoms with Gasteiger partial charge in [0.25, 0.3) is 0 Å². The van der Waals surface area contributed by atoms with Crippen molar-refractivity contribution < 1.29 is 4.79 Å². The lowest BCUT2D eigenvalue weighted by Crippen LogP contribution is -2.07. The van der Waals surface area contributed by atoms with Crippen LogP contribution in [0, 0.1) is 6.92 Å². The lowest BCUT2D eigenvalue weighted by atomic mass is 10.0. The molecule has 0 atom stereocenters. The van der Waals surface area contributed by atoms with Crippen LogP contribution in [-0.4, -0.2) is 5.91 Å². The Balaban J connectivity index is 2.33. The van der Waals surface area contributed by atoms with Gasteiger partial charge >= 0.3 is 0 Å². The average molecular weight is 251 g/mol. The Hall–Kier alpha value is -2.35. The van der Waals surface area contributed by atoms with E-state index in [1.54, 1.807) is 0 Å². The molecule has 2 aromatic carbocycles. The fourth-order valence-corrected chi connectivity index (χ4v) is 1.94. The molecule has 0 aliphatic carbocycles. The zero-order chi connectivity index (χ0) is 13.7. The molecule has 2 heteroatoms. The van der Waals surface area contributed by atoms with Gasteiger partial charge in [-0.15, -0.1) is 0 Å². The molecule has 0 aliphatic heterocycles. The van der Waals surface area contributed by atoms with Crippen molar-refractivity contribution in [1.29, 1.82) is 0 Å². The summed E-state index contributed by atoms with van der Waals surface area (Å²) in [5.41, 5.74) is 4.17. The monoisotopic (exact) mass is 251 g/mol. The second-order valence-electron chi connectivity index (χ2n) is 4.46. The number of aryl methyl sites for hydroxylation is 1. The zero-order valence-corrected chi connectivity index (χ0v) is 11.2. The molecule has 96 valence electrons. The van der Waals surface area contributed by atoms with E-state index in [1.165, 1.54) is 6.92 Å². The molecule has 0 aliphatic rings. The third kappa shape index (κ3) is 3.55. The van der Waals surface area contributed by atoms with Crippen molar-refractivity contribution in [3.05, 3.63) is 65.2 Å². The molecule has 0 spiro atoms. The second-order valence-corrected chi connectivity index (χ2v) is 4.46. The Morgan fingerprint density at radius 3 is 2.42 bits per heavy atom. The average Bonchev–Trinajstić information content (AvgIpc) is 2.38. The van der Waals surface area contributed by atoms with Gasteiger partial charge in [-0.05, 0) is 24.1 Å². The van der Waals surface area contributed by atoms with E-state index in [1.807, 2.05) is 67.6 Å². The summed E-state index contributed by atoms with van der Waals surface area (Å²) in [6.07, 6.45) is 4.09. The van der Waals surface area contributed by atoms with Crippen molar-refractivity contribution in [3.63, 3.8) is 0 Å². The van der Waals surface area contributed by atoms with Crippen LogP contribution in [0.5, 0.6) is 0 Å². The molecule has 0 unspecified atom stereocenters. The van der Waals surface area contributed by atoms with Crippen molar-refractivity contribution in [1.82, 2.24) is 0 Å². The molecule has 2 rings (SSSR count). The van der Waals surface area contributed by atoms with Crippen molar-refractivity contribution in [3.8, 4) is 0 Å². The summed E-state index contributed by atoms with van der Waals surface area (Å²) in [4.78, 5) is 11.2. The van der Waals surface area contributed by atoms with Crippen LogP contribution < -0.4 is 5.32 Å². The van der Waals surface area contributed by atoms with Gasteiger partial charge in [-0.25, -0.2) is 0 Å². The first-order valence-corrected chi connectivity index (χ1v) is 6.27. The van der Waals surface area contributed by atoms with E-state index in [4.69, 9.17) is 0 Å². The Kier molecular flexibility index (Phi) is 4.14. The largest absolute Gasteiger partial charge is 0.326 e. The van der Waals surface area contributed by atoms with Crippen LogP contribution in [0.1, 0.15) is 23.6 Å². The highest BCUT2D eigenvalue weighted by molar-refractivity contribution is 5.92. The lowest BCUT2D eigenvalue weighted by Gasteiger charge is -2.09. The van der Waals surface area contributed by atoms with Crippen molar-refractivity contribution in [2.75, 3.05) is 5.32 Å². The van der Waals surface area contributed by atoms with Crippen LogP contribution in [0.15, 0.2) is 48.5 Å². The van der Waals surface area contributed by atoms with Gasteiger partial charge in [0.15, 0.2) is 0 Å². The van der Waals surface area contributed by atoms with Crippen molar-refractivity contribution in [2.45, 2.75) is 13.8 Å². The number of carbonyl (C=O) groups is 1. The minimum Gasteiger partial charge on any atom is -0.326 e. The van der Waals surface area contributed by atoms with Crippen LogP contribution in [0.25, 0.3) is 12.2 Å². The lowest BCUT2D eigenvalue weighted by molar-refractivity contribution is -0.114. The Labute approximate surface area is 113 Å². The van der Waals surface area contributed by atoms with Gasteiger partial charge in [-0.3, -0.25) is 4.79 Å². The highest BCUT2D eigenvalue weighted by atomic mass is 16.1. The van der Waals surface area contributed by atoms with Crippen molar-refractivity contribution in [2.24, 2.45) is 0 Å². The van der Waals surface area contributed by atoms with E-state index in [0.29, 0.717) is 0 Å². The molecule has 2 aromatic rings. The zero-order valence-electron chi connectivity index (χ0n) is 11.2. The molecule has 2 nitrogen and oxygen atoms in total. The first-order valence-electron chi connectivity index (χ1n) is 6.27. The molecule has 1 N–H and O–H groups in total. The topological polar surface area (TPSA) is 29.1 Å². The van der Waals surface area contributed by atoms with Gasteiger partial charge in [0.1, 0.15) is 0 Å². The predicted octanol–water partition coefficient (Wildman–Crippen LogP) is 4.12. The van der Waals surface area contributed by atoms with E-state index in [-0.39, 0.29) is 5.91 Å². The summed E-state index contributed by atoms with van der Waals surface area (Å²) in [6.45, 7) is 3.56. The molecule has 19 heavy (non-hydrogen) atoms. The first kappa shape index (κ1) is 13.1. The number of amides is 1. The molecule has 0 bridgehead atoms. The molecule has 0 heterocycles. The summed E-state index contributed by atoms with van der Waals surface area (Å²) in [5.74, 6) is -0.0556. The number of rotatable bonds is 3. The highest BCUT2D eigenvalue weighted by Gasteiger charge is 2.03. The molecular formula is C17H17NO. The van der Waals surface area contributed by atoms with E-state index in [0.717, 1.165) is 22.4 Å². The molecule has 0 aromatic heterocycles. The van der Waals surface area contributed by atoms with Gasteiger partial charge in [0.2, 0.25) is 5.91 Å². The quantitative estimate of drug-likeness (QED) is 0.817. The SMILES string of the molecule is CC(=O)Nc1cccc(C)c1/C=C/c1ccccc1. The van der Waals surface area contributed by atoms with E-state index in [9.17, 15) is 4.79 Å². The number of hydrogen-bond acceptors (Lipinski definition) is 1. The van der Waals surface area contributed by atoms with Gasteiger partial charge in [-0.2, -0.15) is 0 Å². The van der Waals surface area contributed by atoms with Gasteiger partial charge < -0.3 is 5.32 Å². The maximum atomic E-state index is 11.2. The fraction of sp³-hybridized carbons (Fsp3) is 0.118. The number of hydrogen-bond donors (Lipinski definition) is 1. The maximum absolute atomic E-state index is 11.2. The van der Waals surface area contributed by atoms with E-state index >= 15 is 0 Å². The van der Waals surface area contributed by atoms with E-state index in [2.05, 4.69) is 5.32 Å². The molecule has 0 saturated heterocycles. The van der Waals surface area contributed by atoms with Gasteiger partial charge in [0.05, 0.1) is 0 Å². The smallest absolute Gasteiger partial charge is 0.221 e. The molecule has 1 amide bonds. The summed E-state index contributed by atoms with van der Waals surface area (Å²) in [7, 11) is 0. The third-order valence-corrected chi connectivity index (χ3v) is 2.88. The van der Waals surface area contributed by atoms with Crippen LogP contribution in [-0.2, 0) is 4.79 Å². The molecule has 0 saturated carbocycles. The van der Waals surface area contributed by atoms with Crippen LogP contribution in [0.2, 0.25) is 0 Å². The van der Waals surface area contributed by atoms with Gasteiger partial charge in [0, 0.05) is 18.2 Å². The molecule has 0 fully saturated rings. The number of anilines is 1. The van der Waals surface area contributed by atoms with Crippen LogP contribution in [0.3, 0.4) is 0 Å². The minimum absolute atomic E-state index is 0.0556. The number of carbonyl (C=O) groups excluding carboxylic acids is 1. The molecular weight excluding hydrogens is 234 g/mol. The maximum Gasteiger partial charge on any atom is 0.221 e. The minimum atomic E-state index is -0.0556. The highest BCUT2D eigenvalue weighted by Crippen LogP contribution is 2.22. The third-order valence-electron chi connectivity index (χ3n) is 2.88. The summed E-state index contributed by atoms with van der Waals surface area (Å²) >= 11 is 0. The number of benzene rings is 2. The molecule has 0 radical (unpaired) electrons. The predicted molar refractivity (Wildman–Crippen MR) is 80.9 cm³/mol. The van der Waals surface area contributed by atoms with Gasteiger partial charge in [-0.1, -0.05) is 54.6 Å². The summed E-state index contributed by atoms with van der Waals surface area (Å²) in [5, 5.41) is 2.86. The van der Waals surface area contributed by atoms with Crippen molar-refractivity contribution >= 4 is 23.7 Å². The fourth-order valence-electron chi connectivity index (χ4n) is 1.94. The number of nitrogens with one attached hydrogen (secondary N) is 1. The first-order chi connectivity index (χ1) is 9.16. The van der Waals surface area contributed by atoms with Crippen LogP contribution in [0.4, 0.5) is 5.69 Å². The summed E-state index contributed by atoms with van der Waals surface area (Å²) < 4.78 is 0. The Morgan fingerprint density at radius 2 is 1.74 bits per heavy atom. The van der Waals surface area contributed by atoms with E-state index < -0.39 is 0 Å². The Morgan fingerprint density at radius 1 is 1.00 bits per heavy atom. The van der Waals surface area contributed by atoms with Crippen LogP contribution >= 0.6 is 0 Å². The standard InChI is InChI=1S/C17H17NO/c1-13-7-6-10-17(18-14(2)19)16(13)12-11-15-8-4-3-5-9-15/h3-12H,1-2H3,(H,18,19)/b12-11+. The normalized spacial score (nSPS) is 10.6. The Bertz CT molecular complexity index is 600. The summed E-state index contributed by atoms with van der Waals surface area (Å²) in [6, 6.07) is 16.0.